The molecule has 3 aromatic carbocycles. The Morgan fingerprint density at radius 2 is 1.25 bits per heavy atom. The van der Waals surface area contributed by atoms with Crippen molar-refractivity contribution in [2.24, 2.45) is 39.9 Å². The Kier molecular flexibility index (Phi) is 41.9. The molecule has 2 aliphatic rings. The number of aromatic amines is 1. The third-order valence-electron chi connectivity index (χ3n) is 22.0. The fraction of sp³-hybridized carbons (Fsp3) is 0.586. The van der Waals surface area contributed by atoms with Gasteiger partial charge in [0.05, 0.1) is 18.6 Å². The maximum atomic E-state index is 15.4. The zero-order valence-electron chi connectivity index (χ0n) is 73.9. The van der Waals surface area contributed by atoms with Crippen molar-refractivity contribution in [1.82, 2.24) is 84.0 Å². The Morgan fingerprint density at radius 1 is 0.667 bits per heavy atom. The van der Waals surface area contributed by atoms with Crippen LogP contribution in [-0.2, 0) is 97.9 Å². The van der Waals surface area contributed by atoms with Crippen LogP contribution in [0.25, 0.3) is 0 Å². The third kappa shape index (κ3) is 34.7. The van der Waals surface area contributed by atoms with Crippen LogP contribution < -0.4 is 86.3 Å². The normalized spacial score (nSPS) is 23.0. The van der Waals surface area contributed by atoms with E-state index in [-0.39, 0.29) is 136 Å². The molecule has 1 fully saturated rings. The fourth-order valence-corrected chi connectivity index (χ4v) is 16.5. The van der Waals surface area contributed by atoms with Gasteiger partial charge < -0.3 is 106 Å². The molecule has 126 heavy (non-hydrogen) atoms. The topological polar surface area (TPSA) is 570 Å². The van der Waals surface area contributed by atoms with Gasteiger partial charge in [0.2, 0.25) is 82.7 Å². The molecule has 36 nitrogen and oxygen atoms in total. The highest BCUT2D eigenvalue weighted by atomic mass is 32.2. The molecule has 23 N–H and O–H groups in total. The number of hydrogen-bond acceptors (Lipinski definition) is 21. The van der Waals surface area contributed by atoms with Gasteiger partial charge in [-0.25, -0.2) is 9.37 Å². The maximum Gasteiger partial charge on any atom is 0.246 e. The van der Waals surface area contributed by atoms with Crippen LogP contribution in [0.4, 0.5) is 4.39 Å². The van der Waals surface area contributed by atoms with Gasteiger partial charge in [-0.3, -0.25) is 72.5 Å². The summed E-state index contributed by atoms with van der Waals surface area (Å²) in [4.78, 5) is 214. The highest BCUT2D eigenvalue weighted by Crippen LogP contribution is 2.32. The Labute approximate surface area is 744 Å². The number of phenols is 2. The van der Waals surface area contributed by atoms with Crippen molar-refractivity contribution >= 4 is 112 Å². The molecular formula is C87H131FN20O16S2. The number of phenolic OH excluding ortho intramolecular Hbond substituents is 2. The molecule has 14 amide bonds. The smallest absolute Gasteiger partial charge is 0.246 e. The number of benzene rings is 3. The number of imidazole rings is 1. The number of thioether (sulfide) groups is 2. The predicted octanol–water partition coefficient (Wildman–Crippen LogP) is 2.06. The summed E-state index contributed by atoms with van der Waals surface area (Å²) in [5, 5.41) is 63.8. The Morgan fingerprint density at radius 3 is 1.81 bits per heavy atom. The van der Waals surface area contributed by atoms with Crippen LogP contribution in [0.3, 0.4) is 0 Å². The standard InChI is InChI=1S/C87H131FN20O16S2/c1-12-18-60(97-50(4)109)74(114)104-67-47-126-45-55-20-16-19-54(37-55)44-125-46-66(79(119)106-72(87(8,9)10)83(123)100-63(73(90)113)38-51-25-31-58(110)32-26-51)103-81(121)70(49(3)13-2)105-78(118)65(41-57-42-93-48-96-57)102-76(116)62(22-17-36-94-85(91)92)99-77(117)64(39-52-27-33-59(111)34-28-52)101-75(115)61(21-14-15-35-89)98-69(112)43-95-82(122)71(86(5,6)7)107-80(120)68(108(11)84(67)124)40-53-23-29-56(88)30-24-53/h16,19-20,25-28,31-34,37,42,48-49,53,56,60-68,70-72,110-111H,12-15,17-18,21-24,29-30,35-36,38-41,43-47,89H2,1-11H3,(H2,90,113)(H,93,96)(H,95,122)(H,97,109)(H,98,112)(H,99,117)(H,100,123)(H,101,115)(H,102,116)(H,103,121)(H,104,114)(H,105,118)(H,106,119)(H,107,120)(H4,91,92,94)/t49-,53?,56?,60-,61-,62-,63-,64-,65-,66-,67-,68-,70-,71+,72+/m0/s1. The van der Waals surface area contributed by atoms with Crippen molar-refractivity contribution in [1.29, 1.82) is 5.41 Å². The summed E-state index contributed by atoms with van der Waals surface area (Å²) in [7, 11) is 1.39. The number of nitrogens with zero attached hydrogens (tertiary/aromatic N) is 2. The lowest BCUT2D eigenvalue weighted by Gasteiger charge is -2.37. The first-order valence-corrected chi connectivity index (χ1v) is 45.2. The average molecular weight is 1800 g/mol. The van der Waals surface area contributed by atoms with Gasteiger partial charge in [-0.2, -0.15) is 23.5 Å². The molecule has 694 valence electrons. The van der Waals surface area contributed by atoms with E-state index in [1.807, 2.05) is 25.1 Å². The first-order valence-electron chi connectivity index (χ1n) is 42.9. The third-order valence-corrected chi connectivity index (χ3v) is 24.2. The summed E-state index contributed by atoms with van der Waals surface area (Å²) in [6, 6.07) is 1.87. The second kappa shape index (κ2) is 50.9. The van der Waals surface area contributed by atoms with Crippen molar-refractivity contribution in [2.75, 3.05) is 38.2 Å². The number of fused-ring (bicyclic) bond motifs is 2. The largest absolute Gasteiger partial charge is 0.508 e. The SMILES string of the molecule is CCC[C@H](NC(C)=O)C(=O)N[C@H]1CSCc2cccc(c2)CSC[C@@H](C(=O)N[C@H](C(=O)N[C@@H](Cc2ccc(O)cc2)C(N)=O)C(C)(C)C)NC(=O)[C@H]([C@@H](C)CC)NC(=O)[C@H](Cc2c[nH]cn2)NC(=O)[C@H](CCCNC(=N)N)NC(=O)[C@H](Cc2ccc(O)cc2)NC(=O)[C@H](CCCCN)NC(=O)CNC(=O)[C@H](C(C)(C)C)NC(=O)[C@H](CC2CCC(F)CC2)N(C)C1=O. The van der Waals surface area contributed by atoms with Crippen molar-refractivity contribution in [2.45, 2.75) is 262 Å². The molecular weight excluding hydrogens is 1660 g/mol. The lowest BCUT2D eigenvalue weighted by molar-refractivity contribution is -0.143. The van der Waals surface area contributed by atoms with Gasteiger partial charge in [0.1, 0.15) is 90.2 Å². The van der Waals surface area contributed by atoms with Crippen molar-refractivity contribution in [3.05, 3.63) is 113 Å². The molecule has 0 spiro atoms. The van der Waals surface area contributed by atoms with Crippen molar-refractivity contribution < 1.29 is 81.7 Å². The van der Waals surface area contributed by atoms with E-state index in [0.717, 1.165) is 5.56 Å². The van der Waals surface area contributed by atoms with E-state index in [2.05, 4.69) is 79.1 Å². The zero-order valence-corrected chi connectivity index (χ0v) is 75.6. The van der Waals surface area contributed by atoms with E-state index in [4.69, 9.17) is 22.6 Å². The van der Waals surface area contributed by atoms with Gasteiger partial charge in [-0.1, -0.05) is 124 Å². The van der Waals surface area contributed by atoms with Gasteiger partial charge in [0, 0.05) is 69.0 Å². The molecule has 1 saturated carbocycles. The first-order chi connectivity index (χ1) is 59.6. The molecule has 1 aromatic heterocycles. The highest BCUT2D eigenvalue weighted by molar-refractivity contribution is 7.98. The summed E-state index contributed by atoms with van der Waals surface area (Å²) in [6.07, 6.45) is 3.44. The fourth-order valence-electron chi connectivity index (χ4n) is 14.5. The Balaban J connectivity index is 1.49. The minimum atomic E-state index is -1.58. The van der Waals surface area contributed by atoms with E-state index in [9.17, 15) is 48.2 Å². The number of likely N-dealkylation sites (N-methyl/N-ethyl adjacent to an activating group) is 1. The highest BCUT2D eigenvalue weighted by Gasteiger charge is 2.43. The summed E-state index contributed by atoms with van der Waals surface area (Å²) >= 11 is 2.46. The molecule has 0 saturated heterocycles. The number of unbranched alkanes of at least 4 members (excludes halogenated alkanes) is 1. The second-order valence-corrected chi connectivity index (χ2v) is 36.6. The number of primary amides is 1. The summed E-state index contributed by atoms with van der Waals surface area (Å²) < 4.78 is 14.9. The zero-order chi connectivity index (χ0) is 93.1. The van der Waals surface area contributed by atoms with E-state index >= 15 is 33.6 Å². The van der Waals surface area contributed by atoms with Crippen molar-refractivity contribution in [3.8, 4) is 11.5 Å². The molecule has 2 heterocycles. The summed E-state index contributed by atoms with van der Waals surface area (Å²) in [6.45, 7) is 15.9. The van der Waals surface area contributed by atoms with Crippen LogP contribution in [-0.4, -0.2) is 231 Å². The summed E-state index contributed by atoms with van der Waals surface area (Å²) in [5.74, 6) is -13.1. The average Bonchev–Trinajstić information content (AvgIpc) is 0.889. The number of H-pyrrole nitrogens is 1. The monoisotopic (exact) mass is 1790 g/mol. The van der Waals surface area contributed by atoms with Gasteiger partial charge in [0.25, 0.3) is 0 Å². The number of amides is 14. The van der Waals surface area contributed by atoms with Crippen LogP contribution >= 0.6 is 23.5 Å². The van der Waals surface area contributed by atoms with Crippen molar-refractivity contribution in [3.63, 3.8) is 0 Å². The van der Waals surface area contributed by atoms with Gasteiger partial charge >= 0.3 is 0 Å². The van der Waals surface area contributed by atoms with Crippen LogP contribution in [0, 0.1) is 28.1 Å². The molecule has 4 aromatic rings. The molecule has 1 aliphatic heterocycles. The minimum Gasteiger partial charge on any atom is -0.508 e. The van der Waals surface area contributed by atoms with Gasteiger partial charge in [-0.15, -0.1) is 0 Å². The Bertz CT molecular complexity index is 4320. The lowest BCUT2D eigenvalue weighted by Crippen LogP contribution is -2.63. The molecule has 2 bridgehead atoms. The number of nitrogens with two attached hydrogens (primary N) is 3. The van der Waals surface area contributed by atoms with E-state index in [1.165, 1.54) is 91.3 Å². The van der Waals surface area contributed by atoms with Gasteiger partial charge in [-0.05, 0) is 146 Å². The van der Waals surface area contributed by atoms with E-state index in [0.29, 0.717) is 42.4 Å². The molecule has 1 aliphatic carbocycles. The number of aromatic hydroxyl groups is 2. The number of halogens is 1. The maximum absolute atomic E-state index is 15.4. The van der Waals surface area contributed by atoms with Crippen LogP contribution in [0.15, 0.2) is 85.3 Å². The van der Waals surface area contributed by atoms with E-state index in [1.54, 1.807) is 73.6 Å². The Hall–Kier alpha value is -11.1. The number of carbonyl (C=O) groups excluding carboxylic acids is 14. The predicted molar refractivity (Wildman–Crippen MR) is 477 cm³/mol. The number of rotatable bonds is 28. The van der Waals surface area contributed by atoms with E-state index < -0.39 is 191 Å². The molecule has 0 unspecified atom stereocenters. The van der Waals surface area contributed by atoms with Gasteiger partial charge in [0.15, 0.2) is 5.96 Å². The molecule has 13 atom stereocenters. The first kappa shape index (κ1) is 104. The van der Waals surface area contributed by atoms with Crippen LogP contribution in [0.1, 0.15) is 181 Å². The number of carbonyl (C=O) groups is 14. The lowest BCUT2D eigenvalue weighted by atomic mass is 9.82. The van der Waals surface area contributed by atoms with Crippen LogP contribution in [0.2, 0.25) is 0 Å². The second-order valence-electron chi connectivity index (χ2n) is 34.6. The molecule has 39 heteroatoms. The number of aromatic nitrogens is 2. The molecule has 6 rings (SSSR count). The number of hydrogen-bond donors (Lipinski definition) is 20. The number of nitrogens with one attached hydrogen (secondary N) is 15. The minimum absolute atomic E-state index is 0.00497. The molecule has 0 radical (unpaired) electrons. The quantitative estimate of drug-likeness (QED) is 0.0220. The number of alkyl halides is 1. The number of guanidine groups is 1. The van der Waals surface area contributed by atoms with Crippen LogP contribution in [0.5, 0.6) is 11.5 Å². The summed E-state index contributed by atoms with van der Waals surface area (Å²) in [5.41, 5.74) is 17.9.